The molecule has 1 heterocycles. The van der Waals surface area contributed by atoms with Gasteiger partial charge in [-0.3, -0.25) is 4.79 Å². The minimum Gasteiger partial charge on any atom is -0.495 e. The first-order valence-corrected chi connectivity index (χ1v) is 9.03. The summed E-state index contributed by atoms with van der Waals surface area (Å²) < 4.78 is 16.1. The van der Waals surface area contributed by atoms with Crippen LogP contribution in [0.5, 0.6) is 17.4 Å². The third-order valence-electron chi connectivity index (χ3n) is 4.02. The van der Waals surface area contributed by atoms with E-state index in [0.29, 0.717) is 40.3 Å². The molecule has 0 spiro atoms. The van der Waals surface area contributed by atoms with E-state index in [1.807, 2.05) is 31.2 Å². The number of ether oxygens (including phenoxy) is 3. The lowest BCUT2D eigenvalue weighted by Gasteiger charge is -2.14. The Labute approximate surface area is 167 Å². The number of hydrogen-bond acceptors (Lipinski definition) is 6. The summed E-state index contributed by atoms with van der Waals surface area (Å²) in [5.74, 6) is 1.53. The number of fused-ring (bicyclic) bond motifs is 1. The van der Waals surface area contributed by atoms with Crippen molar-refractivity contribution in [2.24, 2.45) is 0 Å². The van der Waals surface area contributed by atoms with Gasteiger partial charge >= 0.3 is 0 Å². The molecule has 0 saturated carbocycles. The number of anilines is 1. The Balaban J connectivity index is 1.77. The van der Waals surface area contributed by atoms with E-state index >= 15 is 0 Å². The number of carbonyl (C=O) groups is 1. The average molecular weight is 402 g/mol. The molecule has 1 aromatic heterocycles. The van der Waals surface area contributed by atoms with E-state index in [2.05, 4.69) is 15.3 Å². The molecule has 7 nitrogen and oxygen atoms in total. The summed E-state index contributed by atoms with van der Waals surface area (Å²) in [6, 6.07) is 10.7. The highest BCUT2D eigenvalue weighted by Gasteiger charge is 2.14. The number of rotatable bonds is 7. The number of nitrogens with zero attached hydrogens (tertiary/aromatic N) is 2. The Morgan fingerprint density at radius 3 is 2.57 bits per heavy atom. The molecule has 0 atom stereocenters. The third-order valence-corrected chi connectivity index (χ3v) is 4.31. The van der Waals surface area contributed by atoms with Gasteiger partial charge in [0.05, 0.1) is 35.8 Å². The molecule has 146 valence electrons. The van der Waals surface area contributed by atoms with Crippen LogP contribution in [0.4, 0.5) is 5.69 Å². The van der Waals surface area contributed by atoms with Gasteiger partial charge in [-0.1, -0.05) is 30.7 Å². The van der Waals surface area contributed by atoms with Gasteiger partial charge in [-0.05, 0) is 18.2 Å². The quantitative estimate of drug-likeness (QED) is 0.647. The number of methoxy groups -OCH3 is 2. The highest BCUT2D eigenvalue weighted by Crippen LogP contribution is 2.35. The molecular weight excluding hydrogens is 382 g/mol. The van der Waals surface area contributed by atoms with Crippen molar-refractivity contribution in [1.29, 1.82) is 0 Å². The Hall–Kier alpha value is -3.06. The van der Waals surface area contributed by atoms with Crippen molar-refractivity contribution in [3.63, 3.8) is 0 Å². The van der Waals surface area contributed by atoms with Gasteiger partial charge in [0.25, 0.3) is 5.91 Å². The third kappa shape index (κ3) is 4.26. The van der Waals surface area contributed by atoms with Crippen molar-refractivity contribution in [2.45, 2.75) is 13.3 Å². The predicted octanol–water partition coefficient (Wildman–Crippen LogP) is 3.88. The smallest absolute Gasteiger partial charge is 0.262 e. The second kappa shape index (κ2) is 8.75. The SMILES string of the molecule is CCc1nc(OCC(=O)Nc2cc(Cl)c(OC)cc2OC)c2ccccc2n1. The molecule has 0 aliphatic carbocycles. The number of halogens is 1. The highest BCUT2D eigenvalue weighted by atomic mass is 35.5. The number of hydrogen-bond donors (Lipinski definition) is 1. The van der Waals surface area contributed by atoms with E-state index in [1.165, 1.54) is 14.2 Å². The molecule has 3 aromatic rings. The van der Waals surface area contributed by atoms with Crippen molar-refractivity contribution >= 4 is 34.1 Å². The van der Waals surface area contributed by atoms with E-state index < -0.39 is 0 Å². The molecule has 0 radical (unpaired) electrons. The van der Waals surface area contributed by atoms with E-state index in [-0.39, 0.29) is 12.5 Å². The fraction of sp³-hybridized carbons (Fsp3) is 0.250. The molecule has 0 saturated heterocycles. The van der Waals surface area contributed by atoms with Crippen molar-refractivity contribution in [3.05, 3.63) is 47.2 Å². The molecule has 28 heavy (non-hydrogen) atoms. The van der Waals surface area contributed by atoms with Crippen LogP contribution in [-0.2, 0) is 11.2 Å². The molecule has 3 rings (SSSR count). The minimum atomic E-state index is -0.375. The van der Waals surface area contributed by atoms with Crippen molar-refractivity contribution in [3.8, 4) is 17.4 Å². The van der Waals surface area contributed by atoms with Crippen LogP contribution in [0.15, 0.2) is 36.4 Å². The molecule has 1 N–H and O–H groups in total. The summed E-state index contributed by atoms with van der Waals surface area (Å²) in [6.45, 7) is 1.73. The average Bonchev–Trinajstić information content (AvgIpc) is 2.72. The van der Waals surface area contributed by atoms with Gasteiger partial charge < -0.3 is 19.5 Å². The second-order valence-corrected chi connectivity index (χ2v) is 6.25. The molecule has 0 bridgehead atoms. The maximum atomic E-state index is 12.4. The lowest BCUT2D eigenvalue weighted by atomic mass is 10.2. The number of aromatic nitrogens is 2. The fourth-order valence-electron chi connectivity index (χ4n) is 2.64. The Kier molecular flexibility index (Phi) is 6.16. The van der Waals surface area contributed by atoms with Crippen LogP contribution < -0.4 is 19.5 Å². The normalized spacial score (nSPS) is 10.6. The zero-order valence-electron chi connectivity index (χ0n) is 15.8. The van der Waals surface area contributed by atoms with Gasteiger partial charge in [0, 0.05) is 12.5 Å². The Bertz CT molecular complexity index is 1010. The van der Waals surface area contributed by atoms with Gasteiger partial charge in [-0.25, -0.2) is 4.98 Å². The maximum Gasteiger partial charge on any atom is 0.262 e. The lowest BCUT2D eigenvalue weighted by Crippen LogP contribution is -2.21. The van der Waals surface area contributed by atoms with Crippen LogP contribution >= 0.6 is 11.6 Å². The highest BCUT2D eigenvalue weighted by molar-refractivity contribution is 6.32. The van der Waals surface area contributed by atoms with Crippen molar-refractivity contribution in [1.82, 2.24) is 9.97 Å². The van der Waals surface area contributed by atoms with Gasteiger partial charge in [0.15, 0.2) is 6.61 Å². The van der Waals surface area contributed by atoms with Gasteiger partial charge in [0.2, 0.25) is 5.88 Å². The summed E-state index contributed by atoms with van der Waals surface area (Å²) >= 11 is 6.13. The van der Waals surface area contributed by atoms with Gasteiger partial charge in [-0.2, -0.15) is 4.98 Å². The number of aryl methyl sites for hydroxylation is 1. The van der Waals surface area contributed by atoms with Crippen LogP contribution in [0.3, 0.4) is 0 Å². The van der Waals surface area contributed by atoms with E-state index in [4.69, 9.17) is 25.8 Å². The monoisotopic (exact) mass is 401 g/mol. The van der Waals surface area contributed by atoms with Crippen molar-refractivity contribution < 1.29 is 19.0 Å². The second-order valence-electron chi connectivity index (χ2n) is 5.84. The van der Waals surface area contributed by atoms with Crippen LogP contribution in [0.1, 0.15) is 12.7 Å². The first kappa shape index (κ1) is 19.7. The summed E-state index contributed by atoms with van der Waals surface area (Å²) in [7, 11) is 3.00. The Morgan fingerprint density at radius 2 is 1.86 bits per heavy atom. The number of amides is 1. The molecule has 0 aliphatic rings. The van der Waals surface area contributed by atoms with Crippen LogP contribution in [0.25, 0.3) is 10.9 Å². The molecular formula is C20H20ClN3O4. The van der Waals surface area contributed by atoms with Crippen LogP contribution in [0, 0.1) is 0 Å². The molecule has 0 fully saturated rings. The predicted molar refractivity (Wildman–Crippen MR) is 108 cm³/mol. The lowest BCUT2D eigenvalue weighted by molar-refractivity contribution is -0.118. The fourth-order valence-corrected chi connectivity index (χ4v) is 2.88. The maximum absolute atomic E-state index is 12.4. The van der Waals surface area contributed by atoms with Gasteiger partial charge in [0.1, 0.15) is 17.3 Å². The van der Waals surface area contributed by atoms with Gasteiger partial charge in [-0.15, -0.1) is 0 Å². The van der Waals surface area contributed by atoms with E-state index in [1.54, 1.807) is 12.1 Å². The number of carbonyl (C=O) groups excluding carboxylic acids is 1. The minimum absolute atomic E-state index is 0.225. The molecule has 1 amide bonds. The van der Waals surface area contributed by atoms with Crippen molar-refractivity contribution in [2.75, 3.05) is 26.1 Å². The molecule has 0 aliphatic heterocycles. The summed E-state index contributed by atoms with van der Waals surface area (Å²) in [6.07, 6.45) is 0.662. The first-order valence-electron chi connectivity index (χ1n) is 8.65. The molecule has 8 heteroatoms. The topological polar surface area (TPSA) is 82.6 Å². The summed E-state index contributed by atoms with van der Waals surface area (Å²) in [5, 5.41) is 3.83. The summed E-state index contributed by atoms with van der Waals surface area (Å²) in [4.78, 5) is 21.3. The molecule has 0 unspecified atom stereocenters. The zero-order valence-corrected chi connectivity index (χ0v) is 16.5. The standard InChI is InChI=1S/C20H20ClN3O4/c1-4-18-22-14-8-6-5-7-12(14)20(24-18)28-11-19(25)23-15-9-13(21)16(26-2)10-17(15)27-3/h5-10H,4,11H2,1-3H3,(H,23,25). The number of benzene rings is 2. The van der Waals surface area contributed by atoms with E-state index in [0.717, 1.165) is 10.9 Å². The first-order chi connectivity index (χ1) is 13.5. The van der Waals surface area contributed by atoms with Crippen LogP contribution in [-0.4, -0.2) is 36.7 Å². The summed E-state index contributed by atoms with van der Waals surface area (Å²) in [5.41, 5.74) is 1.19. The van der Waals surface area contributed by atoms with E-state index in [9.17, 15) is 4.79 Å². The largest absolute Gasteiger partial charge is 0.495 e. The zero-order chi connectivity index (χ0) is 20.1. The number of nitrogens with one attached hydrogen (secondary N) is 1. The Morgan fingerprint density at radius 1 is 1.11 bits per heavy atom. The number of para-hydroxylation sites is 1. The molecule has 2 aromatic carbocycles. The van der Waals surface area contributed by atoms with Crippen LogP contribution in [0.2, 0.25) is 5.02 Å².